The predicted molar refractivity (Wildman–Crippen MR) is 57.0 cm³/mol. The van der Waals surface area contributed by atoms with Gasteiger partial charge >= 0.3 is 0 Å². The zero-order valence-electron chi connectivity index (χ0n) is 8.75. The summed E-state index contributed by atoms with van der Waals surface area (Å²) in [6, 6.07) is 0. The van der Waals surface area contributed by atoms with Gasteiger partial charge in [0.05, 0.1) is 5.25 Å². The molecule has 0 aromatic carbocycles. The summed E-state index contributed by atoms with van der Waals surface area (Å²) in [7, 11) is -2.85. The van der Waals surface area contributed by atoms with E-state index in [-0.39, 0.29) is 10.7 Å². The Morgan fingerprint density at radius 3 is 2.57 bits per heavy atom. The van der Waals surface area contributed by atoms with Gasteiger partial charge in [0.1, 0.15) is 0 Å². The molecule has 4 heteroatoms. The molecule has 3 nitrogen and oxygen atoms in total. The number of nitrogens with one attached hydrogen (secondary N) is 1. The first-order valence-electron chi connectivity index (χ1n) is 5.44. The molecule has 0 amide bonds. The van der Waals surface area contributed by atoms with Crippen LogP contribution in [0.1, 0.15) is 32.1 Å². The maximum absolute atomic E-state index is 11.7. The Hall–Kier alpha value is -0.0900. The second-order valence-electron chi connectivity index (χ2n) is 4.85. The molecule has 1 aliphatic carbocycles. The quantitative estimate of drug-likeness (QED) is 0.711. The van der Waals surface area contributed by atoms with Gasteiger partial charge in [-0.1, -0.05) is 6.42 Å². The van der Waals surface area contributed by atoms with Crippen molar-refractivity contribution in [1.82, 2.24) is 5.32 Å². The summed E-state index contributed by atoms with van der Waals surface area (Å²) in [5.41, 5.74) is 0.0752. The van der Waals surface area contributed by atoms with Gasteiger partial charge in [0.25, 0.3) is 0 Å². The van der Waals surface area contributed by atoms with Crippen LogP contribution in [-0.2, 0) is 9.84 Å². The lowest BCUT2D eigenvalue weighted by molar-refractivity contribution is 0.219. The molecule has 1 N–H and O–H groups in total. The summed E-state index contributed by atoms with van der Waals surface area (Å²) in [4.78, 5) is 0. The largest absolute Gasteiger partial charge is 0.316 e. The second kappa shape index (κ2) is 3.49. The number of rotatable bonds is 1. The average Bonchev–Trinajstić information content (AvgIpc) is 2.49. The molecular formula is C10H19NO2S. The van der Waals surface area contributed by atoms with Crippen LogP contribution in [0.4, 0.5) is 0 Å². The Labute approximate surface area is 86.2 Å². The molecule has 82 valence electrons. The minimum atomic E-state index is -2.85. The van der Waals surface area contributed by atoms with Crippen molar-refractivity contribution in [3.05, 3.63) is 0 Å². The normalized spacial score (nSPS) is 39.1. The fourth-order valence-corrected chi connectivity index (χ4v) is 5.08. The molecule has 1 spiro atoms. The second-order valence-corrected chi connectivity index (χ2v) is 7.08. The standard InChI is InChI=1S/C10H19NO2S/c1-14(12,13)9-4-2-5-10(9)6-3-7-11-8-10/h9,11H,2-8H2,1H3. The molecule has 2 aliphatic rings. The van der Waals surface area contributed by atoms with Crippen LogP contribution < -0.4 is 5.32 Å². The van der Waals surface area contributed by atoms with Crippen LogP contribution in [0.25, 0.3) is 0 Å². The molecule has 2 rings (SSSR count). The molecule has 2 atom stereocenters. The first kappa shape index (κ1) is 10.4. The first-order chi connectivity index (χ1) is 6.55. The zero-order chi connectivity index (χ0) is 10.2. The van der Waals surface area contributed by atoms with Gasteiger partial charge < -0.3 is 5.32 Å². The molecule has 0 aromatic heterocycles. The number of hydrogen-bond acceptors (Lipinski definition) is 3. The number of piperidine rings is 1. The zero-order valence-corrected chi connectivity index (χ0v) is 9.57. The maximum Gasteiger partial charge on any atom is 0.150 e. The van der Waals surface area contributed by atoms with Crippen LogP contribution in [0.3, 0.4) is 0 Å². The van der Waals surface area contributed by atoms with Crippen molar-refractivity contribution >= 4 is 9.84 Å². The van der Waals surface area contributed by atoms with E-state index in [2.05, 4.69) is 5.32 Å². The minimum absolute atomic E-state index is 0.0752. The third-order valence-electron chi connectivity index (χ3n) is 3.85. The summed E-state index contributed by atoms with van der Waals surface area (Å²) in [6.45, 7) is 1.96. The smallest absolute Gasteiger partial charge is 0.150 e. The van der Waals surface area contributed by atoms with Gasteiger partial charge in [0.15, 0.2) is 9.84 Å². The molecule has 2 fully saturated rings. The Bertz CT molecular complexity index is 304. The first-order valence-corrected chi connectivity index (χ1v) is 7.40. The highest BCUT2D eigenvalue weighted by atomic mass is 32.2. The van der Waals surface area contributed by atoms with Gasteiger partial charge in [0.2, 0.25) is 0 Å². The molecule has 0 bridgehead atoms. The average molecular weight is 217 g/mol. The van der Waals surface area contributed by atoms with Gasteiger partial charge in [-0.25, -0.2) is 8.42 Å². The Morgan fingerprint density at radius 2 is 2.00 bits per heavy atom. The third kappa shape index (κ3) is 1.70. The van der Waals surface area contributed by atoms with Crippen LogP contribution in [0, 0.1) is 5.41 Å². The highest BCUT2D eigenvalue weighted by Crippen LogP contribution is 2.46. The van der Waals surface area contributed by atoms with Crippen LogP contribution in [-0.4, -0.2) is 33.0 Å². The molecule has 0 aromatic rings. The van der Waals surface area contributed by atoms with E-state index in [4.69, 9.17) is 0 Å². The van der Waals surface area contributed by atoms with E-state index in [1.54, 1.807) is 0 Å². The predicted octanol–water partition coefficient (Wildman–Crippen LogP) is 0.953. The third-order valence-corrected chi connectivity index (χ3v) is 5.62. The number of sulfone groups is 1. The van der Waals surface area contributed by atoms with Crippen molar-refractivity contribution in [3.8, 4) is 0 Å². The van der Waals surface area contributed by atoms with Crippen LogP contribution in [0.5, 0.6) is 0 Å². The fraction of sp³-hybridized carbons (Fsp3) is 1.00. The van der Waals surface area contributed by atoms with Crippen molar-refractivity contribution in [3.63, 3.8) is 0 Å². The highest BCUT2D eigenvalue weighted by molar-refractivity contribution is 7.91. The lowest BCUT2D eigenvalue weighted by Crippen LogP contribution is -2.47. The Balaban J connectivity index is 2.24. The highest BCUT2D eigenvalue weighted by Gasteiger charge is 2.48. The maximum atomic E-state index is 11.7. The molecule has 0 radical (unpaired) electrons. The van der Waals surface area contributed by atoms with Crippen LogP contribution in [0.2, 0.25) is 0 Å². The Morgan fingerprint density at radius 1 is 1.29 bits per heavy atom. The minimum Gasteiger partial charge on any atom is -0.316 e. The summed E-state index contributed by atoms with van der Waals surface area (Å²) >= 11 is 0. The van der Waals surface area contributed by atoms with E-state index in [1.807, 2.05) is 0 Å². The molecular weight excluding hydrogens is 198 g/mol. The molecule has 1 saturated carbocycles. The van der Waals surface area contributed by atoms with Gasteiger partial charge in [-0.05, 0) is 37.6 Å². The summed E-state index contributed by atoms with van der Waals surface area (Å²) < 4.78 is 23.4. The van der Waals surface area contributed by atoms with Gasteiger partial charge in [0, 0.05) is 12.8 Å². The SMILES string of the molecule is CS(=O)(=O)C1CCCC12CCCNC2. The van der Waals surface area contributed by atoms with Gasteiger partial charge in [-0.3, -0.25) is 0 Å². The van der Waals surface area contributed by atoms with E-state index < -0.39 is 9.84 Å². The van der Waals surface area contributed by atoms with E-state index >= 15 is 0 Å². The molecule has 1 aliphatic heterocycles. The van der Waals surface area contributed by atoms with E-state index in [9.17, 15) is 8.42 Å². The number of hydrogen-bond donors (Lipinski definition) is 1. The van der Waals surface area contributed by atoms with Crippen molar-refractivity contribution in [2.45, 2.75) is 37.4 Å². The fourth-order valence-electron chi connectivity index (χ4n) is 3.25. The van der Waals surface area contributed by atoms with E-state index in [1.165, 1.54) is 6.26 Å². The monoisotopic (exact) mass is 217 g/mol. The lowest BCUT2D eigenvalue weighted by atomic mass is 9.79. The van der Waals surface area contributed by atoms with Gasteiger partial charge in [-0.15, -0.1) is 0 Å². The molecule has 14 heavy (non-hydrogen) atoms. The summed E-state index contributed by atoms with van der Waals surface area (Å²) in [5, 5.41) is 3.27. The Kier molecular flexibility index (Phi) is 2.60. The van der Waals surface area contributed by atoms with Crippen molar-refractivity contribution < 1.29 is 8.42 Å². The van der Waals surface area contributed by atoms with Gasteiger partial charge in [-0.2, -0.15) is 0 Å². The van der Waals surface area contributed by atoms with Crippen molar-refractivity contribution in [2.75, 3.05) is 19.3 Å². The van der Waals surface area contributed by atoms with E-state index in [0.717, 1.165) is 45.2 Å². The lowest BCUT2D eigenvalue weighted by Gasteiger charge is -2.38. The van der Waals surface area contributed by atoms with Crippen LogP contribution in [0.15, 0.2) is 0 Å². The summed E-state index contributed by atoms with van der Waals surface area (Å²) in [5.74, 6) is 0. The molecule has 2 unspecified atom stereocenters. The molecule has 1 heterocycles. The summed E-state index contributed by atoms with van der Waals surface area (Å²) in [6.07, 6.45) is 6.68. The van der Waals surface area contributed by atoms with E-state index in [0.29, 0.717) is 0 Å². The van der Waals surface area contributed by atoms with Crippen LogP contribution >= 0.6 is 0 Å². The van der Waals surface area contributed by atoms with Crippen molar-refractivity contribution in [2.24, 2.45) is 5.41 Å². The molecule has 1 saturated heterocycles. The van der Waals surface area contributed by atoms with Crippen molar-refractivity contribution in [1.29, 1.82) is 0 Å². The topological polar surface area (TPSA) is 46.2 Å².